The van der Waals surface area contributed by atoms with E-state index in [1.54, 1.807) is 4.90 Å². The lowest BCUT2D eigenvalue weighted by Crippen LogP contribution is -2.73. The molecule has 3 aromatic carbocycles. The molecule has 1 spiro atoms. The fraction of sp³-hybridized carbons (Fsp3) is 0.367. The summed E-state index contributed by atoms with van der Waals surface area (Å²) in [5.74, 6) is -1.24. The van der Waals surface area contributed by atoms with E-state index in [0.29, 0.717) is 32.2 Å². The number of carbonyl (C=O) groups excluding carboxylic acids is 1. The van der Waals surface area contributed by atoms with E-state index in [1.165, 1.54) is 25.3 Å². The first kappa shape index (κ1) is 31.8. The second kappa shape index (κ2) is 11.6. The summed E-state index contributed by atoms with van der Waals surface area (Å²) in [7, 11) is -3.30. The van der Waals surface area contributed by atoms with Crippen molar-refractivity contribution in [2.24, 2.45) is 5.41 Å². The Bertz CT molecular complexity index is 1760. The van der Waals surface area contributed by atoms with Gasteiger partial charge < -0.3 is 19.1 Å². The van der Waals surface area contributed by atoms with Crippen molar-refractivity contribution < 1.29 is 53.8 Å². The summed E-state index contributed by atoms with van der Waals surface area (Å²) in [5, 5.41) is 0. The van der Waals surface area contributed by atoms with Crippen LogP contribution < -0.4 is 13.8 Å². The minimum Gasteiger partial charge on any atom is -0.485 e. The second-order valence-corrected chi connectivity index (χ2v) is 13.4. The van der Waals surface area contributed by atoms with E-state index < -0.39 is 57.0 Å². The lowest BCUT2D eigenvalue weighted by molar-refractivity contribution is -0.137. The van der Waals surface area contributed by atoms with Gasteiger partial charge in [-0.25, -0.2) is 17.6 Å². The quantitative estimate of drug-likeness (QED) is 0.309. The van der Waals surface area contributed by atoms with Crippen molar-refractivity contribution >= 4 is 21.8 Å². The van der Waals surface area contributed by atoms with Crippen molar-refractivity contribution in [1.82, 2.24) is 9.80 Å². The van der Waals surface area contributed by atoms with Crippen molar-refractivity contribution in [3.63, 3.8) is 0 Å². The Morgan fingerprint density at radius 1 is 1.02 bits per heavy atom. The summed E-state index contributed by atoms with van der Waals surface area (Å²) in [5.41, 5.74) is -0.972. The van der Waals surface area contributed by atoms with Gasteiger partial charge in [0, 0.05) is 44.2 Å². The molecule has 0 aliphatic carbocycles. The first-order chi connectivity index (χ1) is 21.7. The largest absolute Gasteiger partial charge is 0.485 e. The number of fused-ring (bicyclic) bond motifs is 1. The fourth-order valence-corrected chi connectivity index (χ4v) is 7.76. The number of carbonyl (C=O) groups is 1. The highest BCUT2D eigenvalue weighted by molar-refractivity contribution is 7.92. The van der Waals surface area contributed by atoms with E-state index in [-0.39, 0.29) is 41.1 Å². The highest BCUT2D eigenvalue weighted by Gasteiger charge is 2.54. The molecule has 3 aromatic rings. The molecule has 2 fully saturated rings. The van der Waals surface area contributed by atoms with Gasteiger partial charge >= 0.3 is 18.9 Å². The number of hydrogen-bond acceptors (Lipinski definition) is 7. The van der Waals surface area contributed by atoms with Crippen LogP contribution in [0.25, 0.3) is 11.1 Å². The maximum atomic E-state index is 14.3. The maximum Gasteiger partial charge on any atom is 0.416 e. The molecule has 3 aliphatic rings. The number of amides is 1. The zero-order chi connectivity index (χ0) is 33.0. The smallest absolute Gasteiger partial charge is 0.416 e. The average Bonchev–Trinajstić information content (AvgIpc) is 2.95. The number of hydrogen-bond donors (Lipinski definition) is 0. The molecule has 3 heterocycles. The molecule has 0 aromatic heterocycles. The predicted octanol–water partition coefficient (Wildman–Crippen LogP) is 5.45. The Labute approximate surface area is 259 Å². The predicted molar refractivity (Wildman–Crippen MR) is 152 cm³/mol. The molecular weight excluding hydrogens is 644 g/mol. The summed E-state index contributed by atoms with van der Waals surface area (Å²) in [4.78, 5) is 14.8. The Morgan fingerprint density at radius 3 is 2.43 bits per heavy atom. The van der Waals surface area contributed by atoms with Crippen LogP contribution >= 0.6 is 0 Å². The Balaban J connectivity index is 1.31. The molecular formula is C30H27F6N3O6S. The topological polar surface area (TPSA) is 88.6 Å². The zero-order valence-corrected chi connectivity index (χ0v) is 25.0. The molecule has 2 saturated heterocycles. The monoisotopic (exact) mass is 671 g/mol. The molecule has 1 amide bonds. The van der Waals surface area contributed by atoms with Gasteiger partial charge in [-0.15, -0.1) is 0 Å². The first-order valence-electron chi connectivity index (χ1n) is 14.0. The number of rotatable bonds is 7. The third kappa shape index (κ3) is 6.15. The zero-order valence-electron chi connectivity index (χ0n) is 24.1. The van der Waals surface area contributed by atoms with E-state index in [4.69, 9.17) is 9.47 Å². The highest BCUT2D eigenvalue weighted by Crippen LogP contribution is 2.43. The molecule has 6 rings (SSSR count). The Kier molecular flexibility index (Phi) is 7.99. The van der Waals surface area contributed by atoms with Gasteiger partial charge in [-0.2, -0.15) is 22.0 Å². The van der Waals surface area contributed by atoms with Crippen LogP contribution in [-0.2, 0) is 20.9 Å². The van der Waals surface area contributed by atoms with Crippen molar-refractivity contribution in [3.8, 4) is 22.6 Å². The van der Waals surface area contributed by atoms with Crippen molar-refractivity contribution in [3.05, 3.63) is 72.0 Å². The van der Waals surface area contributed by atoms with Gasteiger partial charge in [0.2, 0.25) is 0 Å². The normalized spacial score (nSPS) is 19.3. The van der Waals surface area contributed by atoms with Crippen molar-refractivity contribution in [2.75, 3.05) is 50.7 Å². The number of alkyl halides is 5. The molecule has 0 radical (unpaired) electrons. The number of nitrogens with zero attached hydrogens (tertiary/aromatic N) is 3. The van der Waals surface area contributed by atoms with Gasteiger partial charge in [-0.1, -0.05) is 12.1 Å². The summed E-state index contributed by atoms with van der Waals surface area (Å²) < 4.78 is 125. The molecule has 0 saturated carbocycles. The molecule has 9 nitrogen and oxygen atoms in total. The molecule has 246 valence electrons. The van der Waals surface area contributed by atoms with Gasteiger partial charge in [-0.05, 0) is 53.6 Å². The maximum absolute atomic E-state index is 14.3. The van der Waals surface area contributed by atoms with Crippen LogP contribution in [0.15, 0.2) is 65.6 Å². The number of methoxy groups -OCH3 is 1. The van der Waals surface area contributed by atoms with Gasteiger partial charge in [-0.3, -0.25) is 9.21 Å². The van der Waals surface area contributed by atoms with Crippen LogP contribution in [0.3, 0.4) is 0 Å². The third-order valence-corrected chi connectivity index (χ3v) is 9.91. The van der Waals surface area contributed by atoms with Crippen molar-refractivity contribution in [1.29, 1.82) is 0 Å². The van der Waals surface area contributed by atoms with E-state index in [0.717, 1.165) is 40.7 Å². The number of sulfonamides is 1. The lowest BCUT2D eigenvalue weighted by atomic mass is 9.73. The summed E-state index contributed by atoms with van der Waals surface area (Å²) >= 11 is 0. The molecule has 1 atom stereocenters. The molecule has 3 aliphatic heterocycles. The first-order valence-corrected chi connectivity index (χ1v) is 15.4. The standard InChI is InChI=1S/C30H27F6N3O6S/c1-43-28(40)38-16-29(17-38)14-37(15-29)12-23-13-39(46(41,42)24-4-2-3-20(10-24)30(34,35)36)25-9-18(5-6-26(25)44-23)19-7-21(31)11-22(8-19)45-27(32)33/h2-11,23,27H,12-17H2,1H3/t23-/m0/s1. The van der Waals surface area contributed by atoms with E-state index in [9.17, 15) is 39.6 Å². The van der Waals surface area contributed by atoms with Gasteiger partial charge in [0.15, 0.2) is 0 Å². The Hall–Kier alpha value is -4.18. The van der Waals surface area contributed by atoms with Crippen LogP contribution in [0.5, 0.6) is 11.5 Å². The van der Waals surface area contributed by atoms with E-state index in [1.807, 2.05) is 4.90 Å². The number of halogens is 6. The van der Waals surface area contributed by atoms with Gasteiger partial charge in [0.25, 0.3) is 10.0 Å². The number of likely N-dealkylation sites (tertiary alicyclic amines) is 2. The lowest BCUT2D eigenvalue weighted by Gasteiger charge is -2.60. The van der Waals surface area contributed by atoms with Crippen LogP contribution in [-0.4, -0.2) is 83.4 Å². The van der Waals surface area contributed by atoms with Crippen LogP contribution in [0.4, 0.5) is 36.8 Å². The molecule has 0 unspecified atom stereocenters. The summed E-state index contributed by atoms with van der Waals surface area (Å²) in [6, 6.07) is 10.6. The molecule has 16 heteroatoms. The van der Waals surface area contributed by atoms with Crippen LogP contribution in [0.1, 0.15) is 5.56 Å². The molecule has 46 heavy (non-hydrogen) atoms. The molecule has 0 bridgehead atoms. The van der Waals surface area contributed by atoms with Gasteiger partial charge in [0.05, 0.1) is 29.8 Å². The average molecular weight is 672 g/mol. The fourth-order valence-electron chi connectivity index (χ4n) is 6.22. The number of anilines is 1. The van der Waals surface area contributed by atoms with Crippen molar-refractivity contribution in [2.45, 2.75) is 23.8 Å². The van der Waals surface area contributed by atoms with Gasteiger partial charge in [0.1, 0.15) is 23.4 Å². The number of ether oxygens (including phenoxy) is 3. The van der Waals surface area contributed by atoms with E-state index >= 15 is 0 Å². The summed E-state index contributed by atoms with van der Waals surface area (Å²) in [6.07, 6.45) is -5.94. The Morgan fingerprint density at radius 2 is 1.76 bits per heavy atom. The minimum atomic E-state index is -4.79. The number of benzene rings is 3. The third-order valence-electron chi connectivity index (χ3n) is 8.14. The SMILES string of the molecule is COC(=O)N1CC2(CN(C[C@H]3CN(S(=O)(=O)c4cccc(C(F)(F)F)c4)c4cc(-c5cc(F)cc(OC(F)F)c5)ccc4O3)C2)C1. The minimum absolute atomic E-state index is 0.0282. The van der Waals surface area contributed by atoms with Crippen LogP contribution in [0.2, 0.25) is 0 Å². The summed E-state index contributed by atoms with van der Waals surface area (Å²) in [6.45, 7) is -0.913. The highest BCUT2D eigenvalue weighted by atomic mass is 32.2. The van der Waals surface area contributed by atoms with Crippen LogP contribution in [0, 0.1) is 11.2 Å². The van der Waals surface area contributed by atoms with E-state index in [2.05, 4.69) is 4.74 Å². The molecule has 0 N–H and O–H groups in total. The second-order valence-electron chi connectivity index (χ2n) is 11.5.